The van der Waals surface area contributed by atoms with Gasteiger partial charge in [0.25, 0.3) is 0 Å². The van der Waals surface area contributed by atoms with E-state index in [2.05, 4.69) is 24.1 Å². The topological polar surface area (TPSA) is 44.7 Å². The van der Waals surface area contributed by atoms with Gasteiger partial charge in [0.05, 0.1) is 12.2 Å². The molecule has 130 valence electrons. The Labute approximate surface area is 136 Å². The second kappa shape index (κ2) is 8.04. The molecule has 0 amide bonds. The molecule has 0 radical (unpaired) electrons. The largest absolute Gasteiger partial charge is 0.507 e. The lowest BCUT2D eigenvalue weighted by Gasteiger charge is -2.35. The van der Waals surface area contributed by atoms with E-state index < -0.39 is 11.6 Å². The van der Waals surface area contributed by atoms with Crippen LogP contribution in [0.25, 0.3) is 0 Å². The Kier molecular flexibility index (Phi) is 6.33. The fraction of sp³-hybridized carbons (Fsp3) is 0.647. The summed E-state index contributed by atoms with van der Waals surface area (Å²) in [6.45, 7) is 9.38. The van der Waals surface area contributed by atoms with Crippen molar-refractivity contribution in [2.24, 2.45) is 0 Å². The normalized spacial score (nSPS) is 23.9. The molecule has 1 aromatic rings. The maximum absolute atomic E-state index is 13.8. The van der Waals surface area contributed by atoms with E-state index in [-0.39, 0.29) is 29.6 Å². The first-order valence-electron chi connectivity index (χ1n) is 8.16. The van der Waals surface area contributed by atoms with Crippen LogP contribution in [0.2, 0.25) is 0 Å². The summed E-state index contributed by atoms with van der Waals surface area (Å²) >= 11 is 0. The molecule has 1 aliphatic heterocycles. The first-order valence-corrected chi connectivity index (χ1v) is 8.16. The van der Waals surface area contributed by atoms with Gasteiger partial charge in [-0.25, -0.2) is 8.78 Å². The standard InChI is InChI=1S/C17H26F2N2O2/c1-11-9-21(10-12(2)23-11)6-4-5-20-13(3)17-15(19)7-14(18)8-16(17)22/h7-8,11-13,20,22H,4-6,9-10H2,1-3H3/t11-,12-,13-/m1/s1. The summed E-state index contributed by atoms with van der Waals surface area (Å²) in [7, 11) is 0. The summed E-state index contributed by atoms with van der Waals surface area (Å²) in [4.78, 5) is 2.36. The average molecular weight is 328 g/mol. The number of nitrogens with zero attached hydrogens (tertiary/aromatic N) is 1. The zero-order valence-corrected chi connectivity index (χ0v) is 14.0. The molecule has 3 atom stereocenters. The lowest BCUT2D eigenvalue weighted by molar-refractivity contribution is -0.0680. The number of benzene rings is 1. The van der Waals surface area contributed by atoms with Crippen molar-refractivity contribution >= 4 is 0 Å². The van der Waals surface area contributed by atoms with Gasteiger partial charge in [0.15, 0.2) is 0 Å². The SMILES string of the molecule is C[C@@H]1CN(CCCN[C@H](C)c2c(O)cc(F)cc2F)C[C@@H](C)O1. The zero-order chi connectivity index (χ0) is 17.0. The molecule has 4 nitrogen and oxygen atoms in total. The second-order valence-electron chi connectivity index (χ2n) is 6.37. The minimum Gasteiger partial charge on any atom is -0.507 e. The molecule has 0 spiro atoms. The van der Waals surface area contributed by atoms with Crippen LogP contribution in [0.15, 0.2) is 12.1 Å². The lowest BCUT2D eigenvalue weighted by Crippen LogP contribution is -2.46. The number of ether oxygens (including phenoxy) is 1. The zero-order valence-electron chi connectivity index (χ0n) is 14.0. The smallest absolute Gasteiger partial charge is 0.134 e. The molecule has 1 saturated heterocycles. The van der Waals surface area contributed by atoms with Crippen LogP contribution in [0.3, 0.4) is 0 Å². The Hall–Kier alpha value is -1.24. The molecule has 0 unspecified atom stereocenters. The van der Waals surface area contributed by atoms with Gasteiger partial charge in [-0.3, -0.25) is 4.90 Å². The number of nitrogens with one attached hydrogen (secondary N) is 1. The van der Waals surface area contributed by atoms with Gasteiger partial charge in [-0.2, -0.15) is 0 Å². The molecule has 23 heavy (non-hydrogen) atoms. The monoisotopic (exact) mass is 328 g/mol. The summed E-state index contributed by atoms with van der Waals surface area (Å²) in [5, 5.41) is 12.9. The number of hydrogen-bond acceptors (Lipinski definition) is 4. The molecule has 1 aromatic carbocycles. The van der Waals surface area contributed by atoms with Gasteiger partial charge in [0, 0.05) is 36.8 Å². The number of aromatic hydroxyl groups is 1. The number of phenols is 1. The molecule has 0 saturated carbocycles. The summed E-state index contributed by atoms with van der Waals surface area (Å²) in [5.41, 5.74) is 0.111. The van der Waals surface area contributed by atoms with Crippen molar-refractivity contribution in [3.8, 4) is 5.75 Å². The number of rotatable bonds is 6. The van der Waals surface area contributed by atoms with Crippen LogP contribution in [-0.4, -0.2) is 48.4 Å². The molecular formula is C17H26F2N2O2. The molecule has 1 heterocycles. The highest BCUT2D eigenvalue weighted by molar-refractivity contribution is 5.36. The van der Waals surface area contributed by atoms with E-state index in [9.17, 15) is 13.9 Å². The first kappa shape index (κ1) is 18.1. The first-order chi connectivity index (χ1) is 10.9. The van der Waals surface area contributed by atoms with Crippen LogP contribution in [0.4, 0.5) is 8.78 Å². The Morgan fingerprint density at radius 2 is 1.96 bits per heavy atom. The van der Waals surface area contributed by atoms with Crippen molar-refractivity contribution in [2.75, 3.05) is 26.2 Å². The van der Waals surface area contributed by atoms with Crippen molar-refractivity contribution in [2.45, 2.75) is 45.4 Å². The van der Waals surface area contributed by atoms with Gasteiger partial charge in [0.1, 0.15) is 17.4 Å². The highest BCUT2D eigenvalue weighted by atomic mass is 19.1. The fourth-order valence-electron chi connectivity index (χ4n) is 3.19. The number of hydrogen-bond donors (Lipinski definition) is 2. The van der Waals surface area contributed by atoms with Gasteiger partial charge < -0.3 is 15.2 Å². The fourth-order valence-corrected chi connectivity index (χ4v) is 3.19. The van der Waals surface area contributed by atoms with Crippen molar-refractivity contribution in [3.05, 3.63) is 29.3 Å². The summed E-state index contributed by atoms with van der Waals surface area (Å²) in [5.74, 6) is -1.84. The van der Waals surface area contributed by atoms with Crippen molar-refractivity contribution in [1.82, 2.24) is 10.2 Å². The number of phenolic OH excluding ortho intramolecular Hbond substituents is 1. The maximum Gasteiger partial charge on any atom is 0.134 e. The van der Waals surface area contributed by atoms with E-state index >= 15 is 0 Å². The molecule has 2 rings (SSSR count). The minimum absolute atomic E-state index is 0.111. The van der Waals surface area contributed by atoms with E-state index in [0.29, 0.717) is 6.54 Å². The Morgan fingerprint density at radius 3 is 2.57 bits per heavy atom. The van der Waals surface area contributed by atoms with Crippen LogP contribution < -0.4 is 5.32 Å². The van der Waals surface area contributed by atoms with E-state index in [0.717, 1.165) is 38.2 Å². The van der Waals surface area contributed by atoms with E-state index in [4.69, 9.17) is 4.74 Å². The van der Waals surface area contributed by atoms with Crippen LogP contribution >= 0.6 is 0 Å². The van der Waals surface area contributed by atoms with Crippen molar-refractivity contribution in [3.63, 3.8) is 0 Å². The molecule has 0 bridgehead atoms. The van der Waals surface area contributed by atoms with Gasteiger partial charge in [-0.1, -0.05) is 0 Å². The number of halogens is 2. The molecule has 1 fully saturated rings. The third kappa shape index (κ3) is 5.12. The summed E-state index contributed by atoms with van der Waals surface area (Å²) in [6.07, 6.45) is 1.40. The molecule has 0 aromatic heterocycles. The molecule has 2 N–H and O–H groups in total. The van der Waals surface area contributed by atoms with E-state index in [1.807, 2.05) is 0 Å². The second-order valence-corrected chi connectivity index (χ2v) is 6.37. The van der Waals surface area contributed by atoms with Crippen LogP contribution in [-0.2, 0) is 4.74 Å². The summed E-state index contributed by atoms with van der Waals surface area (Å²) < 4.78 is 32.5. The third-order valence-electron chi connectivity index (χ3n) is 4.10. The highest BCUT2D eigenvalue weighted by Crippen LogP contribution is 2.28. The quantitative estimate of drug-likeness (QED) is 0.788. The van der Waals surface area contributed by atoms with Crippen LogP contribution in [0.5, 0.6) is 5.75 Å². The molecule has 6 heteroatoms. The van der Waals surface area contributed by atoms with E-state index in [1.165, 1.54) is 0 Å². The molecule has 0 aliphatic carbocycles. The van der Waals surface area contributed by atoms with E-state index in [1.54, 1.807) is 6.92 Å². The third-order valence-corrected chi connectivity index (χ3v) is 4.10. The van der Waals surface area contributed by atoms with Crippen LogP contribution in [0.1, 0.15) is 38.8 Å². The Bertz CT molecular complexity index is 494. The van der Waals surface area contributed by atoms with Crippen molar-refractivity contribution in [1.29, 1.82) is 0 Å². The van der Waals surface area contributed by atoms with Gasteiger partial charge in [-0.15, -0.1) is 0 Å². The van der Waals surface area contributed by atoms with Gasteiger partial charge in [0.2, 0.25) is 0 Å². The Morgan fingerprint density at radius 1 is 1.30 bits per heavy atom. The van der Waals surface area contributed by atoms with Gasteiger partial charge in [-0.05, 0) is 40.3 Å². The predicted octanol–water partition coefficient (Wildman–Crippen LogP) is 2.82. The molecule has 1 aliphatic rings. The summed E-state index contributed by atoms with van der Waals surface area (Å²) in [6, 6.07) is 1.36. The van der Waals surface area contributed by atoms with Crippen LogP contribution in [0, 0.1) is 11.6 Å². The minimum atomic E-state index is -0.772. The number of morpholine rings is 1. The molecular weight excluding hydrogens is 302 g/mol. The maximum atomic E-state index is 13.8. The lowest BCUT2D eigenvalue weighted by atomic mass is 10.1. The highest BCUT2D eigenvalue weighted by Gasteiger charge is 2.22. The van der Waals surface area contributed by atoms with Crippen molar-refractivity contribution < 1.29 is 18.6 Å². The predicted molar refractivity (Wildman–Crippen MR) is 85.5 cm³/mol. The average Bonchev–Trinajstić information content (AvgIpc) is 2.41. The Balaban J connectivity index is 1.78. The van der Waals surface area contributed by atoms with Gasteiger partial charge >= 0.3 is 0 Å².